The van der Waals surface area contributed by atoms with Gasteiger partial charge in [0.25, 0.3) is 11.5 Å². The summed E-state index contributed by atoms with van der Waals surface area (Å²) in [7, 11) is 1.55. The molecule has 1 saturated heterocycles. The van der Waals surface area contributed by atoms with Crippen molar-refractivity contribution in [1.29, 1.82) is 0 Å². The second-order valence-corrected chi connectivity index (χ2v) is 8.40. The summed E-state index contributed by atoms with van der Waals surface area (Å²) in [6.45, 7) is 5.42. The summed E-state index contributed by atoms with van der Waals surface area (Å²) < 4.78 is 6.46. The summed E-state index contributed by atoms with van der Waals surface area (Å²) in [6.07, 6.45) is -0.105. The fourth-order valence-electron chi connectivity index (χ4n) is 4.15. The van der Waals surface area contributed by atoms with Crippen LogP contribution in [0.1, 0.15) is 16.8 Å². The van der Waals surface area contributed by atoms with Gasteiger partial charge in [-0.05, 0) is 18.6 Å². The number of esters is 1. The molecule has 8 nitrogen and oxygen atoms in total. The largest absolute Gasteiger partial charge is 0.455 e. The Morgan fingerprint density at radius 2 is 1.73 bits per heavy atom. The molecule has 3 aromatic rings. The molecule has 1 aromatic heterocycles. The van der Waals surface area contributed by atoms with Crippen LogP contribution in [0.4, 0.5) is 0 Å². The van der Waals surface area contributed by atoms with E-state index in [0.717, 1.165) is 19.6 Å². The van der Waals surface area contributed by atoms with Crippen LogP contribution >= 0.6 is 0 Å². The molecule has 33 heavy (non-hydrogen) atoms. The number of carbonyl (C=O) groups excluding carboxylic acids is 2. The number of aryl methyl sites for hydroxylation is 2. The van der Waals surface area contributed by atoms with Crippen LogP contribution in [0.15, 0.2) is 53.3 Å². The van der Waals surface area contributed by atoms with Gasteiger partial charge in [0.05, 0.1) is 17.5 Å². The number of fused-ring (bicyclic) bond motifs is 1. The standard InChI is InChI=1S/C25H28N4O4/c1-18-6-5-7-19(14-18)16-28-10-12-29(13-11-28)23(30)17-33-24(31)15-22-20-8-3-4-9-21(20)25(32)27(2)26-22/h3-9,14H,10-13,15-17H2,1-2H3. The van der Waals surface area contributed by atoms with Crippen molar-refractivity contribution in [2.45, 2.75) is 19.9 Å². The molecule has 0 spiro atoms. The van der Waals surface area contributed by atoms with Gasteiger partial charge in [0.15, 0.2) is 6.61 Å². The van der Waals surface area contributed by atoms with Crippen molar-refractivity contribution in [1.82, 2.24) is 19.6 Å². The fourth-order valence-corrected chi connectivity index (χ4v) is 4.15. The second-order valence-electron chi connectivity index (χ2n) is 8.40. The van der Waals surface area contributed by atoms with Gasteiger partial charge >= 0.3 is 5.97 Å². The van der Waals surface area contributed by atoms with Crippen molar-refractivity contribution >= 4 is 22.6 Å². The van der Waals surface area contributed by atoms with Crippen LogP contribution in [0.5, 0.6) is 0 Å². The van der Waals surface area contributed by atoms with E-state index in [4.69, 9.17) is 4.74 Å². The zero-order valence-corrected chi connectivity index (χ0v) is 19.0. The predicted octanol–water partition coefficient (Wildman–Crippen LogP) is 1.67. The highest BCUT2D eigenvalue weighted by Gasteiger charge is 2.22. The summed E-state index contributed by atoms with van der Waals surface area (Å²) in [5.41, 5.74) is 2.74. The Morgan fingerprint density at radius 1 is 1.00 bits per heavy atom. The number of carbonyl (C=O) groups is 2. The van der Waals surface area contributed by atoms with E-state index < -0.39 is 5.97 Å². The molecule has 0 aliphatic carbocycles. The van der Waals surface area contributed by atoms with E-state index in [1.807, 2.05) is 0 Å². The lowest BCUT2D eigenvalue weighted by molar-refractivity contribution is -0.152. The lowest BCUT2D eigenvalue weighted by Crippen LogP contribution is -2.49. The third-order valence-electron chi connectivity index (χ3n) is 5.92. The van der Waals surface area contributed by atoms with Crippen molar-refractivity contribution in [3.63, 3.8) is 0 Å². The van der Waals surface area contributed by atoms with Gasteiger partial charge < -0.3 is 9.64 Å². The SMILES string of the molecule is Cc1cccc(CN2CCN(C(=O)COC(=O)Cc3nn(C)c(=O)c4ccccc34)CC2)c1. The number of piperazine rings is 1. The molecule has 1 amide bonds. The fraction of sp³-hybridized carbons (Fsp3) is 0.360. The van der Waals surface area contributed by atoms with Gasteiger partial charge in [0, 0.05) is 45.2 Å². The Balaban J connectivity index is 1.27. The molecule has 1 fully saturated rings. The molecular formula is C25H28N4O4. The van der Waals surface area contributed by atoms with E-state index in [1.54, 1.807) is 36.2 Å². The number of hydrogen-bond donors (Lipinski definition) is 0. The van der Waals surface area contributed by atoms with Gasteiger partial charge in [-0.25, -0.2) is 4.68 Å². The smallest absolute Gasteiger partial charge is 0.312 e. The van der Waals surface area contributed by atoms with E-state index in [9.17, 15) is 14.4 Å². The average Bonchev–Trinajstić information content (AvgIpc) is 2.81. The third kappa shape index (κ3) is 5.46. The number of amides is 1. The highest BCUT2D eigenvalue weighted by Crippen LogP contribution is 2.14. The van der Waals surface area contributed by atoms with Gasteiger partial charge in [0.1, 0.15) is 0 Å². The number of ether oxygens (including phenoxy) is 1. The van der Waals surface area contributed by atoms with Gasteiger partial charge in [0.2, 0.25) is 0 Å². The summed E-state index contributed by atoms with van der Waals surface area (Å²) in [5.74, 6) is -0.741. The number of hydrogen-bond acceptors (Lipinski definition) is 6. The highest BCUT2D eigenvalue weighted by atomic mass is 16.5. The molecule has 0 N–H and O–H groups in total. The molecule has 0 unspecified atom stereocenters. The van der Waals surface area contributed by atoms with Gasteiger partial charge in [-0.1, -0.05) is 48.0 Å². The third-order valence-corrected chi connectivity index (χ3v) is 5.92. The van der Waals surface area contributed by atoms with E-state index in [1.165, 1.54) is 15.8 Å². The molecular weight excluding hydrogens is 420 g/mol. The van der Waals surface area contributed by atoms with Crippen molar-refractivity contribution in [2.24, 2.45) is 7.05 Å². The molecule has 8 heteroatoms. The van der Waals surface area contributed by atoms with Crippen LogP contribution in [0.2, 0.25) is 0 Å². The van der Waals surface area contributed by atoms with E-state index in [0.29, 0.717) is 29.6 Å². The van der Waals surface area contributed by atoms with Crippen molar-refractivity contribution < 1.29 is 14.3 Å². The Morgan fingerprint density at radius 3 is 2.45 bits per heavy atom. The predicted molar refractivity (Wildman–Crippen MR) is 125 cm³/mol. The van der Waals surface area contributed by atoms with Crippen LogP contribution in [-0.4, -0.2) is 64.2 Å². The minimum absolute atomic E-state index is 0.105. The first-order chi connectivity index (χ1) is 15.9. The molecule has 1 aliphatic rings. The van der Waals surface area contributed by atoms with Gasteiger partial charge in [-0.3, -0.25) is 19.3 Å². The Bertz CT molecular complexity index is 1230. The Labute approximate surface area is 192 Å². The normalized spacial score (nSPS) is 14.4. The first-order valence-electron chi connectivity index (χ1n) is 11.1. The molecule has 0 saturated carbocycles. The zero-order valence-electron chi connectivity index (χ0n) is 19.0. The number of nitrogens with zero attached hydrogens (tertiary/aromatic N) is 4. The zero-order chi connectivity index (χ0) is 23.4. The molecule has 0 radical (unpaired) electrons. The van der Waals surface area contributed by atoms with Gasteiger partial charge in [-0.2, -0.15) is 5.10 Å². The minimum atomic E-state index is -0.544. The Kier molecular flexibility index (Phi) is 6.84. The molecule has 2 heterocycles. The lowest BCUT2D eigenvalue weighted by atomic mass is 10.1. The number of aromatic nitrogens is 2. The van der Waals surface area contributed by atoms with Crippen LogP contribution < -0.4 is 5.56 Å². The molecule has 1 aliphatic heterocycles. The van der Waals surface area contributed by atoms with Crippen molar-refractivity contribution in [3.05, 3.63) is 75.7 Å². The first kappa shape index (κ1) is 22.7. The number of benzene rings is 2. The second kappa shape index (κ2) is 9.95. The van der Waals surface area contributed by atoms with Crippen LogP contribution in [-0.2, 0) is 34.3 Å². The maximum atomic E-state index is 12.5. The molecule has 172 valence electrons. The highest BCUT2D eigenvalue weighted by molar-refractivity contribution is 5.87. The van der Waals surface area contributed by atoms with Crippen LogP contribution in [0, 0.1) is 6.92 Å². The molecule has 4 rings (SSSR count). The molecule has 2 aromatic carbocycles. The van der Waals surface area contributed by atoms with Crippen molar-refractivity contribution in [2.75, 3.05) is 32.8 Å². The maximum absolute atomic E-state index is 12.5. The monoisotopic (exact) mass is 448 g/mol. The van der Waals surface area contributed by atoms with E-state index in [2.05, 4.69) is 41.2 Å². The van der Waals surface area contributed by atoms with E-state index >= 15 is 0 Å². The summed E-state index contributed by atoms with van der Waals surface area (Å²) in [5, 5.41) is 5.33. The molecule has 0 atom stereocenters. The van der Waals surface area contributed by atoms with Crippen LogP contribution in [0.25, 0.3) is 10.8 Å². The average molecular weight is 449 g/mol. The van der Waals surface area contributed by atoms with E-state index in [-0.39, 0.29) is 24.5 Å². The maximum Gasteiger partial charge on any atom is 0.312 e. The minimum Gasteiger partial charge on any atom is -0.455 e. The summed E-state index contributed by atoms with van der Waals surface area (Å²) in [4.78, 5) is 41.2. The van der Waals surface area contributed by atoms with Crippen LogP contribution in [0.3, 0.4) is 0 Å². The molecule has 0 bridgehead atoms. The lowest BCUT2D eigenvalue weighted by Gasteiger charge is -2.34. The summed E-state index contributed by atoms with van der Waals surface area (Å²) >= 11 is 0. The summed E-state index contributed by atoms with van der Waals surface area (Å²) in [6, 6.07) is 15.5. The first-order valence-corrected chi connectivity index (χ1v) is 11.1. The quantitative estimate of drug-likeness (QED) is 0.534. The number of rotatable bonds is 6. The Hall–Kier alpha value is -3.52. The van der Waals surface area contributed by atoms with Gasteiger partial charge in [-0.15, -0.1) is 0 Å². The topological polar surface area (TPSA) is 84.7 Å². The van der Waals surface area contributed by atoms with Crippen molar-refractivity contribution in [3.8, 4) is 0 Å².